The van der Waals surface area contributed by atoms with Crippen molar-refractivity contribution in [1.29, 1.82) is 0 Å². The van der Waals surface area contributed by atoms with E-state index in [1.54, 1.807) is 11.3 Å². The number of hydrogen-bond donors (Lipinski definition) is 3. The topological polar surface area (TPSA) is 74.2 Å². The van der Waals surface area contributed by atoms with Crippen molar-refractivity contribution in [2.24, 2.45) is 5.92 Å². The van der Waals surface area contributed by atoms with Gasteiger partial charge in [0.05, 0.1) is 6.04 Å². The summed E-state index contributed by atoms with van der Waals surface area (Å²) < 4.78 is 0. The fourth-order valence-corrected chi connectivity index (χ4v) is 2.88. The molecule has 0 bridgehead atoms. The Morgan fingerprint density at radius 3 is 2.60 bits per heavy atom. The maximum absolute atomic E-state index is 12.1. The molecule has 0 aliphatic carbocycles. The molecule has 0 fully saturated rings. The summed E-state index contributed by atoms with van der Waals surface area (Å²) >= 11 is 1.57. The molecule has 1 rings (SSSR count). The van der Waals surface area contributed by atoms with E-state index in [0.29, 0.717) is 6.42 Å². The van der Waals surface area contributed by atoms with Crippen molar-refractivity contribution < 1.29 is 9.90 Å². The SMILES string of the molecule is CCC(NC(=O)NC(CCO)C(C)C)c1nc(C)cs1. The first-order valence-corrected chi connectivity index (χ1v) is 7.95. The minimum absolute atomic E-state index is 0.0180. The van der Waals surface area contributed by atoms with E-state index in [1.165, 1.54) is 0 Å². The molecule has 2 atom stereocenters. The van der Waals surface area contributed by atoms with Crippen LogP contribution in [0, 0.1) is 12.8 Å². The molecule has 20 heavy (non-hydrogen) atoms. The van der Waals surface area contributed by atoms with Gasteiger partial charge in [0.2, 0.25) is 0 Å². The number of aryl methyl sites for hydroxylation is 1. The molecule has 1 aromatic heterocycles. The number of thiazole rings is 1. The Hall–Kier alpha value is -1.14. The van der Waals surface area contributed by atoms with Gasteiger partial charge in [-0.3, -0.25) is 0 Å². The average molecular weight is 299 g/mol. The van der Waals surface area contributed by atoms with Gasteiger partial charge in [-0.05, 0) is 25.7 Å². The van der Waals surface area contributed by atoms with Crippen LogP contribution in [0.25, 0.3) is 0 Å². The van der Waals surface area contributed by atoms with Crippen LogP contribution in [0.4, 0.5) is 4.79 Å². The molecule has 5 nitrogen and oxygen atoms in total. The lowest BCUT2D eigenvalue weighted by atomic mass is 10.0. The van der Waals surface area contributed by atoms with E-state index in [0.717, 1.165) is 17.1 Å². The molecule has 3 N–H and O–H groups in total. The number of aliphatic hydroxyl groups excluding tert-OH is 1. The first-order valence-electron chi connectivity index (χ1n) is 7.07. The molecule has 114 valence electrons. The van der Waals surface area contributed by atoms with Gasteiger partial charge in [0.25, 0.3) is 0 Å². The summed E-state index contributed by atoms with van der Waals surface area (Å²) in [6.07, 6.45) is 1.37. The number of urea groups is 1. The third-order valence-electron chi connectivity index (χ3n) is 3.21. The molecule has 0 aromatic carbocycles. The molecule has 2 amide bonds. The highest BCUT2D eigenvalue weighted by Gasteiger charge is 2.19. The van der Waals surface area contributed by atoms with Gasteiger partial charge in [0.1, 0.15) is 5.01 Å². The molecule has 0 aliphatic rings. The molecule has 0 aliphatic heterocycles. The number of aromatic nitrogens is 1. The van der Waals surface area contributed by atoms with Gasteiger partial charge in [-0.15, -0.1) is 11.3 Å². The Morgan fingerprint density at radius 1 is 1.45 bits per heavy atom. The van der Waals surface area contributed by atoms with E-state index in [4.69, 9.17) is 5.11 Å². The van der Waals surface area contributed by atoms with Crippen molar-refractivity contribution >= 4 is 17.4 Å². The lowest BCUT2D eigenvalue weighted by molar-refractivity contribution is 0.216. The summed E-state index contributed by atoms with van der Waals surface area (Å²) in [5, 5.41) is 17.8. The van der Waals surface area contributed by atoms with Crippen LogP contribution < -0.4 is 10.6 Å². The second kappa shape index (κ2) is 8.21. The van der Waals surface area contributed by atoms with Crippen LogP contribution in [0.1, 0.15) is 50.4 Å². The van der Waals surface area contributed by atoms with Crippen molar-refractivity contribution in [3.05, 3.63) is 16.1 Å². The molecule has 0 saturated heterocycles. The predicted molar refractivity (Wildman–Crippen MR) is 81.9 cm³/mol. The monoisotopic (exact) mass is 299 g/mol. The summed E-state index contributed by atoms with van der Waals surface area (Å²) in [6, 6.07) is -0.275. The van der Waals surface area contributed by atoms with Crippen LogP contribution in [0.2, 0.25) is 0 Å². The first-order chi connectivity index (χ1) is 9.47. The van der Waals surface area contributed by atoms with Gasteiger partial charge in [0.15, 0.2) is 0 Å². The summed E-state index contributed by atoms with van der Waals surface area (Å²) in [5.74, 6) is 0.287. The van der Waals surface area contributed by atoms with Crippen LogP contribution in [0.3, 0.4) is 0 Å². The van der Waals surface area contributed by atoms with Gasteiger partial charge in [-0.25, -0.2) is 9.78 Å². The number of nitrogens with one attached hydrogen (secondary N) is 2. The predicted octanol–water partition coefficient (Wildman–Crippen LogP) is 2.61. The minimum Gasteiger partial charge on any atom is -0.396 e. The Morgan fingerprint density at radius 2 is 2.15 bits per heavy atom. The number of hydrogen-bond acceptors (Lipinski definition) is 4. The zero-order chi connectivity index (χ0) is 15.1. The van der Waals surface area contributed by atoms with E-state index in [1.807, 2.05) is 33.1 Å². The van der Waals surface area contributed by atoms with Gasteiger partial charge >= 0.3 is 6.03 Å². The maximum atomic E-state index is 12.1. The average Bonchev–Trinajstić information content (AvgIpc) is 2.81. The normalized spacial score (nSPS) is 14.1. The molecule has 6 heteroatoms. The zero-order valence-electron chi connectivity index (χ0n) is 12.6. The summed E-state index contributed by atoms with van der Waals surface area (Å²) in [6.45, 7) is 8.11. The van der Waals surface area contributed by atoms with E-state index in [-0.39, 0.29) is 30.6 Å². The van der Waals surface area contributed by atoms with Crippen molar-refractivity contribution in [3.63, 3.8) is 0 Å². The molecular weight excluding hydrogens is 274 g/mol. The number of carbonyl (C=O) groups is 1. The van der Waals surface area contributed by atoms with Crippen LogP contribution >= 0.6 is 11.3 Å². The highest BCUT2D eigenvalue weighted by Crippen LogP contribution is 2.20. The van der Waals surface area contributed by atoms with Gasteiger partial charge in [0, 0.05) is 23.7 Å². The number of aliphatic hydroxyl groups is 1. The number of amides is 2. The maximum Gasteiger partial charge on any atom is 0.315 e. The Bertz CT molecular complexity index is 420. The van der Waals surface area contributed by atoms with Crippen LogP contribution in [0.15, 0.2) is 5.38 Å². The second-order valence-electron chi connectivity index (χ2n) is 5.27. The largest absolute Gasteiger partial charge is 0.396 e. The zero-order valence-corrected chi connectivity index (χ0v) is 13.5. The lowest BCUT2D eigenvalue weighted by Crippen LogP contribution is -2.45. The number of nitrogens with zero attached hydrogens (tertiary/aromatic N) is 1. The summed E-state index contributed by atoms with van der Waals surface area (Å²) in [5.41, 5.74) is 0.978. The summed E-state index contributed by atoms with van der Waals surface area (Å²) in [4.78, 5) is 16.5. The molecular formula is C14H25N3O2S. The van der Waals surface area contributed by atoms with Crippen molar-refractivity contribution in [3.8, 4) is 0 Å². The standard InChI is InChI=1S/C14H25N3O2S/c1-5-11(13-15-10(4)8-20-13)16-14(19)17-12(6-7-18)9(2)3/h8-9,11-12,18H,5-7H2,1-4H3,(H2,16,17,19). The Labute approximate surface area is 124 Å². The highest BCUT2D eigenvalue weighted by molar-refractivity contribution is 7.09. The summed E-state index contributed by atoms with van der Waals surface area (Å²) in [7, 11) is 0. The Kier molecular flexibility index (Phi) is 6.95. The van der Waals surface area contributed by atoms with E-state index in [9.17, 15) is 4.79 Å². The minimum atomic E-state index is -0.197. The second-order valence-corrected chi connectivity index (χ2v) is 6.16. The van der Waals surface area contributed by atoms with Crippen LogP contribution in [-0.2, 0) is 0 Å². The molecule has 0 radical (unpaired) electrons. The lowest BCUT2D eigenvalue weighted by Gasteiger charge is -2.23. The van der Waals surface area contributed by atoms with Crippen molar-refractivity contribution in [2.45, 2.75) is 52.6 Å². The molecule has 1 aromatic rings. The number of rotatable bonds is 7. The van der Waals surface area contributed by atoms with Gasteiger partial charge in [-0.1, -0.05) is 20.8 Å². The van der Waals surface area contributed by atoms with Crippen LogP contribution in [0.5, 0.6) is 0 Å². The highest BCUT2D eigenvalue weighted by atomic mass is 32.1. The van der Waals surface area contributed by atoms with Crippen molar-refractivity contribution in [1.82, 2.24) is 15.6 Å². The van der Waals surface area contributed by atoms with E-state index >= 15 is 0 Å². The van der Waals surface area contributed by atoms with E-state index in [2.05, 4.69) is 15.6 Å². The molecule has 0 spiro atoms. The number of carbonyl (C=O) groups excluding carboxylic acids is 1. The quantitative estimate of drug-likeness (QED) is 0.724. The van der Waals surface area contributed by atoms with E-state index < -0.39 is 0 Å². The van der Waals surface area contributed by atoms with Crippen molar-refractivity contribution in [2.75, 3.05) is 6.61 Å². The van der Waals surface area contributed by atoms with Gasteiger partial charge < -0.3 is 15.7 Å². The fraction of sp³-hybridized carbons (Fsp3) is 0.714. The molecule has 2 unspecified atom stereocenters. The molecule has 1 heterocycles. The third-order valence-corrected chi connectivity index (χ3v) is 4.29. The fourth-order valence-electron chi connectivity index (χ4n) is 1.95. The smallest absolute Gasteiger partial charge is 0.315 e. The first kappa shape index (κ1) is 16.9. The Balaban J connectivity index is 2.58. The van der Waals surface area contributed by atoms with Crippen LogP contribution in [-0.4, -0.2) is 28.8 Å². The van der Waals surface area contributed by atoms with Gasteiger partial charge in [-0.2, -0.15) is 0 Å². The third kappa shape index (κ3) is 5.09. The molecule has 0 saturated carbocycles.